The molecule has 0 amide bonds. The minimum atomic E-state index is 0.419. The zero-order chi connectivity index (χ0) is 13.7. The fourth-order valence-corrected chi connectivity index (χ4v) is 2.27. The van der Waals surface area contributed by atoms with E-state index in [2.05, 4.69) is 34.4 Å². The van der Waals surface area contributed by atoms with Gasteiger partial charge in [-0.1, -0.05) is 6.92 Å². The SMILES string of the molecule is CCCNc1ncnc(NC2CC(OCC)C2)c1C. The fraction of sp³-hybridized carbons (Fsp3) is 0.714. The van der Waals surface area contributed by atoms with E-state index < -0.39 is 0 Å². The molecule has 1 aromatic rings. The Morgan fingerprint density at radius 2 is 2.00 bits per heavy atom. The average molecular weight is 264 g/mol. The number of aromatic nitrogens is 2. The van der Waals surface area contributed by atoms with Gasteiger partial charge < -0.3 is 15.4 Å². The van der Waals surface area contributed by atoms with Crippen molar-refractivity contribution < 1.29 is 4.74 Å². The molecule has 5 heteroatoms. The zero-order valence-electron chi connectivity index (χ0n) is 12.1. The van der Waals surface area contributed by atoms with Gasteiger partial charge in [-0.3, -0.25) is 0 Å². The van der Waals surface area contributed by atoms with E-state index in [1.165, 1.54) is 0 Å². The molecule has 1 aliphatic carbocycles. The Kier molecular flexibility index (Phi) is 4.96. The highest BCUT2D eigenvalue weighted by Gasteiger charge is 2.30. The normalized spacial score (nSPS) is 21.8. The number of ether oxygens (including phenoxy) is 1. The van der Waals surface area contributed by atoms with Crippen LogP contribution in [0.3, 0.4) is 0 Å². The second-order valence-electron chi connectivity index (χ2n) is 5.01. The third kappa shape index (κ3) is 3.56. The highest BCUT2D eigenvalue weighted by atomic mass is 16.5. The molecule has 0 bridgehead atoms. The molecule has 2 rings (SSSR count). The van der Waals surface area contributed by atoms with Gasteiger partial charge in [-0.15, -0.1) is 0 Å². The predicted octanol–water partition coefficient (Wildman–Crippen LogP) is 2.59. The van der Waals surface area contributed by atoms with Gasteiger partial charge in [0.25, 0.3) is 0 Å². The summed E-state index contributed by atoms with van der Waals surface area (Å²) in [6.07, 6.45) is 5.25. The summed E-state index contributed by atoms with van der Waals surface area (Å²) in [5.74, 6) is 1.87. The Labute approximate surface area is 115 Å². The van der Waals surface area contributed by atoms with Crippen LogP contribution in [-0.4, -0.2) is 35.3 Å². The largest absolute Gasteiger partial charge is 0.378 e. The maximum Gasteiger partial charge on any atom is 0.134 e. The smallest absolute Gasteiger partial charge is 0.134 e. The number of hydrogen-bond donors (Lipinski definition) is 2. The molecule has 0 atom stereocenters. The van der Waals surface area contributed by atoms with Crippen LogP contribution >= 0.6 is 0 Å². The summed E-state index contributed by atoms with van der Waals surface area (Å²) in [4.78, 5) is 8.62. The first-order chi connectivity index (χ1) is 9.24. The Balaban J connectivity index is 1.90. The zero-order valence-corrected chi connectivity index (χ0v) is 12.1. The minimum Gasteiger partial charge on any atom is -0.378 e. The molecule has 1 saturated carbocycles. The lowest BCUT2D eigenvalue weighted by Gasteiger charge is -2.36. The van der Waals surface area contributed by atoms with Crippen LogP contribution in [0.5, 0.6) is 0 Å². The topological polar surface area (TPSA) is 59.1 Å². The number of nitrogens with zero attached hydrogens (tertiary/aromatic N) is 2. The van der Waals surface area contributed by atoms with E-state index in [1.807, 2.05) is 6.92 Å². The quantitative estimate of drug-likeness (QED) is 0.792. The molecule has 1 aromatic heterocycles. The minimum absolute atomic E-state index is 0.419. The summed E-state index contributed by atoms with van der Waals surface area (Å²) in [5.41, 5.74) is 1.09. The molecule has 1 heterocycles. The lowest BCUT2D eigenvalue weighted by Crippen LogP contribution is -2.41. The van der Waals surface area contributed by atoms with E-state index >= 15 is 0 Å². The Morgan fingerprint density at radius 3 is 2.68 bits per heavy atom. The van der Waals surface area contributed by atoms with Crippen LogP contribution in [-0.2, 0) is 4.74 Å². The van der Waals surface area contributed by atoms with Gasteiger partial charge in [0.15, 0.2) is 0 Å². The molecular weight excluding hydrogens is 240 g/mol. The van der Waals surface area contributed by atoms with Crippen molar-refractivity contribution in [3.63, 3.8) is 0 Å². The van der Waals surface area contributed by atoms with Crippen molar-refractivity contribution in [3.05, 3.63) is 11.9 Å². The van der Waals surface area contributed by atoms with Crippen molar-refractivity contribution in [2.45, 2.75) is 52.2 Å². The first kappa shape index (κ1) is 14.1. The molecule has 106 valence electrons. The van der Waals surface area contributed by atoms with E-state index in [0.717, 1.165) is 49.6 Å². The van der Waals surface area contributed by atoms with Gasteiger partial charge in [-0.25, -0.2) is 9.97 Å². The molecular formula is C14H24N4O. The molecule has 0 unspecified atom stereocenters. The van der Waals surface area contributed by atoms with Crippen LogP contribution in [0.2, 0.25) is 0 Å². The third-order valence-corrected chi connectivity index (χ3v) is 3.46. The van der Waals surface area contributed by atoms with E-state index in [1.54, 1.807) is 6.33 Å². The van der Waals surface area contributed by atoms with Crippen molar-refractivity contribution in [1.82, 2.24) is 9.97 Å². The predicted molar refractivity (Wildman–Crippen MR) is 77.6 cm³/mol. The van der Waals surface area contributed by atoms with Gasteiger partial charge in [-0.2, -0.15) is 0 Å². The summed E-state index contributed by atoms with van der Waals surface area (Å²) in [7, 11) is 0. The Morgan fingerprint density at radius 1 is 1.26 bits per heavy atom. The molecule has 0 spiro atoms. The van der Waals surface area contributed by atoms with E-state index in [9.17, 15) is 0 Å². The van der Waals surface area contributed by atoms with Gasteiger partial charge in [0.1, 0.15) is 18.0 Å². The monoisotopic (exact) mass is 264 g/mol. The molecule has 0 aliphatic heterocycles. The third-order valence-electron chi connectivity index (χ3n) is 3.46. The van der Waals surface area contributed by atoms with Crippen LogP contribution in [0.4, 0.5) is 11.6 Å². The van der Waals surface area contributed by atoms with E-state index in [-0.39, 0.29) is 0 Å². The fourth-order valence-electron chi connectivity index (χ4n) is 2.27. The average Bonchev–Trinajstić information content (AvgIpc) is 2.37. The molecule has 1 fully saturated rings. The van der Waals surface area contributed by atoms with Gasteiger partial charge >= 0.3 is 0 Å². The van der Waals surface area contributed by atoms with Crippen molar-refractivity contribution >= 4 is 11.6 Å². The van der Waals surface area contributed by atoms with Crippen LogP contribution in [0, 0.1) is 6.92 Å². The number of nitrogens with one attached hydrogen (secondary N) is 2. The summed E-state index contributed by atoms with van der Waals surface area (Å²) in [6, 6.07) is 0.476. The number of rotatable bonds is 7. The highest BCUT2D eigenvalue weighted by Crippen LogP contribution is 2.28. The summed E-state index contributed by atoms with van der Waals surface area (Å²) < 4.78 is 5.57. The van der Waals surface area contributed by atoms with Gasteiger partial charge in [0.2, 0.25) is 0 Å². The summed E-state index contributed by atoms with van der Waals surface area (Å²) >= 11 is 0. The number of anilines is 2. The van der Waals surface area contributed by atoms with E-state index in [4.69, 9.17) is 4.74 Å². The van der Waals surface area contributed by atoms with Crippen molar-refractivity contribution in [2.24, 2.45) is 0 Å². The van der Waals surface area contributed by atoms with Gasteiger partial charge in [0.05, 0.1) is 6.10 Å². The molecule has 2 N–H and O–H groups in total. The second kappa shape index (κ2) is 6.70. The Bertz CT molecular complexity index is 404. The molecule has 0 saturated heterocycles. The van der Waals surface area contributed by atoms with Gasteiger partial charge in [0, 0.05) is 24.8 Å². The van der Waals surface area contributed by atoms with Crippen LogP contribution in [0.15, 0.2) is 6.33 Å². The maximum atomic E-state index is 5.57. The molecule has 1 aliphatic rings. The van der Waals surface area contributed by atoms with Crippen molar-refractivity contribution in [1.29, 1.82) is 0 Å². The van der Waals surface area contributed by atoms with Crippen LogP contribution in [0.25, 0.3) is 0 Å². The molecule has 0 aromatic carbocycles. The summed E-state index contributed by atoms with van der Waals surface area (Å²) in [5, 5.41) is 6.81. The highest BCUT2D eigenvalue weighted by molar-refractivity contribution is 5.56. The van der Waals surface area contributed by atoms with Crippen LogP contribution < -0.4 is 10.6 Å². The van der Waals surface area contributed by atoms with E-state index in [0.29, 0.717) is 12.1 Å². The Hall–Kier alpha value is -1.36. The lowest BCUT2D eigenvalue weighted by molar-refractivity contribution is 0.00291. The van der Waals surface area contributed by atoms with Gasteiger partial charge in [-0.05, 0) is 33.1 Å². The summed E-state index contributed by atoms with van der Waals surface area (Å²) in [6.45, 7) is 7.98. The number of hydrogen-bond acceptors (Lipinski definition) is 5. The second-order valence-corrected chi connectivity index (χ2v) is 5.01. The van der Waals surface area contributed by atoms with Crippen LogP contribution in [0.1, 0.15) is 38.7 Å². The first-order valence-corrected chi connectivity index (χ1v) is 7.18. The van der Waals surface area contributed by atoms with Crippen molar-refractivity contribution in [3.8, 4) is 0 Å². The van der Waals surface area contributed by atoms with Crippen molar-refractivity contribution in [2.75, 3.05) is 23.8 Å². The molecule has 19 heavy (non-hydrogen) atoms. The standard InChI is InChI=1S/C14H24N4O/c1-4-6-15-13-10(3)14(17-9-16-13)18-11-7-12(8-11)19-5-2/h9,11-12H,4-8H2,1-3H3,(H2,15,16,17,18). The molecule has 5 nitrogen and oxygen atoms in total. The lowest BCUT2D eigenvalue weighted by atomic mass is 9.89. The molecule has 0 radical (unpaired) electrons. The first-order valence-electron chi connectivity index (χ1n) is 7.18. The maximum absolute atomic E-state index is 5.57.